The van der Waals surface area contributed by atoms with Gasteiger partial charge in [-0.3, -0.25) is 4.79 Å². The molecule has 2 saturated carbocycles. The highest BCUT2D eigenvalue weighted by atomic mass is 32.2. The third kappa shape index (κ3) is 4.85. The number of carbonyl (C=O) groups is 1. The van der Waals surface area contributed by atoms with Crippen LogP contribution in [0.25, 0.3) is 22.4 Å². The van der Waals surface area contributed by atoms with E-state index in [1.807, 2.05) is 42.6 Å². The Bertz CT molecular complexity index is 984. The fourth-order valence-corrected chi connectivity index (χ4v) is 6.04. The van der Waals surface area contributed by atoms with E-state index in [2.05, 4.69) is 19.9 Å². The first-order valence-corrected chi connectivity index (χ1v) is 13.1. The lowest BCUT2D eigenvalue weighted by molar-refractivity contribution is -0.135. The minimum atomic E-state index is 0.303. The van der Waals surface area contributed by atoms with Crippen LogP contribution in [0.4, 0.5) is 0 Å². The summed E-state index contributed by atoms with van der Waals surface area (Å²) >= 11 is 1.56. The van der Waals surface area contributed by atoms with Crippen molar-refractivity contribution in [2.75, 3.05) is 5.75 Å². The van der Waals surface area contributed by atoms with Gasteiger partial charge in [0.05, 0.1) is 21.8 Å². The molecule has 2 aliphatic carbocycles. The van der Waals surface area contributed by atoms with Crippen LogP contribution in [-0.2, 0) is 4.79 Å². The molecule has 5 nitrogen and oxygen atoms in total. The molecule has 2 aromatic heterocycles. The number of rotatable bonds is 6. The number of thioether (sulfide) groups is 1. The summed E-state index contributed by atoms with van der Waals surface area (Å²) < 4.78 is 0. The summed E-state index contributed by atoms with van der Waals surface area (Å²) in [6.07, 6.45) is 14.3. The van der Waals surface area contributed by atoms with Gasteiger partial charge in [-0.25, -0.2) is 9.97 Å². The minimum Gasteiger partial charge on any atom is -0.338 e. The number of H-pyrrole nitrogens is 1. The smallest absolute Gasteiger partial charge is 0.233 e. The zero-order valence-electron chi connectivity index (χ0n) is 18.6. The molecule has 2 fully saturated rings. The van der Waals surface area contributed by atoms with Gasteiger partial charge in [-0.05, 0) is 49.9 Å². The molecule has 0 atom stereocenters. The number of hydrogen-bond donors (Lipinski definition) is 1. The van der Waals surface area contributed by atoms with Gasteiger partial charge < -0.3 is 9.88 Å². The highest BCUT2D eigenvalue weighted by Crippen LogP contribution is 2.31. The number of nitrogens with zero attached hydrogens (tertiary/aromatic N) is 3. The minimum absolute atomic E-state index is 0.303. The lowest BCUT2D eigenvalue weighted by Crippen LogP contribution is -2.49. The summed E-state index contributed by atoms with van der Waals surface area (Å²) in [5.74, 6) is 1.60. The summed E-state index contributed by atoms with van der Waals surface area (Å²) in [7, 11) is 0. The fourth-order valence-electron chi connectivity index (χ4n) is 5.33. The van der Waals surface area contributed by atoms with Gasteiger partial charge in [0, 0.05) is 23.8 Å². The van der Waals surface area contributed by atoms with Gasteiger partial charge >= 0.3 is 0 Å². The Labute approximate surface area is 194 Å². The van der Waals surface area contributed by atoms with E-state index in [9.17, 15) is 4.79 Å². The van der Waals surface area contributed by atoms with Crippen molar-refractivity contribution in [3.05, 3.63) is 42.6 Å². The van der Waals surface area contributed by atoms with Crippen molar-refractivity contribution < 1.29 is 4.79 Å². The molecule has 0 spiro atoms. The van der Waals surface area contributed by atoms with Crippen LogP contribution in [0.2, 0.25) is 0 Å². The molecular formula is C26H32N4OS. The fraction of sp³-hybridized carbons (Fsp3) is 0.500. The number of pyridine rings is 1. The van der Waals surface area contributed by atoms with E-state index in [1.165, 1.54) is 64.2 Å². The van der Waals surface area contributed by atoms with Gasteiger partial charge in [-0.2, -0.15) is 0 Å². The molecule has 0 aliphatic heterocycles. The number of carbonyl (C=O) groups excluding carboxylic acids is 1. The van der Waals surface area contributed by atoms with Crippen molar-refractivity contribution in [3.63, 3.8) is 0 Å². The van der Waals surface area contributed by atoms with Gasteiger partial charge in [0.25, 0.3) is 0 Å². The topological polar surface area (TPSA) is 61.9 Å². The molecule has 0 saturated heterocycles. The number of imidazole rings is 1. The van der Waals surface area contributed by atoms with Crippen molar-refractivity contribution >= 4 is 28.7 Å². The lowest BCUT2D eigenvalue weighted by Gasteiger charge is -2.41. The third-order valence-electron chi connectivity index (χ3n) is 6.97. The molecule has 1 amide bonds. The first-order valence-electron chi connectivity index (χ1n) is 12.1. The maximum atomic E-state index is 13.4. The average molecular weight is 449 g/mol. The number of amides is 1. The van der Waals surface area contributed by atoms with Crippen LogP contribution in [-0.4, -0.2) is 43.6 Å². The molecule has 0 unspecified atom stereocenters. The molecule has 1 N–H and O–H groups in total. The summed E-state index contributed by atoms with van der Waals surface area (Å²) in [5.41, 5.74) is 2.94. The van der Waals surface area contributed by atoms with E-state index in [4.69, 9.17) is 0 Å². The Kier molecular flexibility index (Phi) is 6.77. The summed E-state index contributed by atoms with van der Waals surface area (Å²) in [4.78, 5) is 28.3. The number of aromatic amines is 1. The summed E-state index contributed by atoms with van der Waals surface area (Å²) in [6, 6.07) is 13.0. The normalized spacial score (nSPS) is 18.1. The zero-order chi connectivity index (χ0) is 21.8. The van der Waals surface area contributed by atoms with Gasteiger partial charge in [0.2, 0.25) is 5.91 Å². The molecule has 6 heteroatoms. The second kappa shape index (κ2) is 10.1. The SMILES string of the molecule is O=C(CSc1ccc(-c2nc3ccccc3[nH]2)cn1)N(C1CCCCC1)C1CCCCC1. The number of benzene rings is 1. The monoisotopic (exact) mass is 448 g/mol. The molecule has 3 aromatic rings. The van der Waals surface area contributed by atoms with Gasteiger partial charge in [-0.1, -0.05) is 62.4 Å². The standard InChI is InChI=1S/C26H32N4OS/c31-25(30(20-9-3-1-4-10-20)21-11-5-2-6-12-21)18-32-24-16-15-19(17-27-24)26-28-22-13-7-8-14-23(22)29-26/h7-8,13-17,20-21H,1-6,9-12,18H2,(H,28,29). The third-order valence-corrected chi connectivity index (χ3v) is 7.90. The average Bonchev–Trinajstić information content (AvgIpc) is 3.29. The van der Waals surface area contributed by atoms with Crippen LogP contribution >= 0.6 is 11.8 Å². The Balaban J connectivity index is 1.24. The lowest BCUT2D eigenvalue weighted by atomic mass is 9.88. The van der Waals surface area contributed by atoms with Crippen molar-refractivity contribution in [2.24, 2.45) is 0 Å². The zero-order valence-corrected chi connectivity index (χ0v) is 19.4. The number of hydrogen-bond acceptors (Lipinski definition) is 4. The van der Waals surface area contributed by atoms with E-state index in [-0.39, 0.29) is 0 Å². The van der Waals surface area contributed by atoms with E-state index < -0.39 is 0 Å². The van der Waals surface area contributed by atoms with Gasteiger partial charge in [0.15, 0.2) is 0 Å². The Morgan fingerprint density at radius 3 is 2.25 bits per heavy atom. The van der Waals surface area contributed by atoms with Crippen LogP contribution < -0.4 is 0 Å². The van der Waals surface area contributed by atoms with Crippen LogP contribution in [0.15, 0.2) is 47.6 Å². The molecule has 1 aromatic carbocycles. The van der Waals surface area contributed by atoms with Crippen molar-refractivity contribution in [3.8, 4) is 11.4 Å². The summed E-state index contributed by atoms with van der Waals surface area (Å²) in [5, 5.41) is 0.894. The Hall–Kier alpha value is -2.34. The first kappa shape index (κ1) is 21.5. The second-order valence-electron chi connectivity index (χ2n) is 9.16. The Morgan fingerprint density at radius 2 is 1.62 bits per heavy atom. The number of nitrogens with one attached hydrogen (secondary N) is 1. The molecule has 0 radical (unpaired) electrons. The number of para-hydroxylation sites is 2. The maximum Gasteiger partial charge on any atom is 0.233 e. The van der Waals surface area contributed by atoms with E-state index in [0.717, 1.165) is 27.4 Å². The Morgan fingerprint density at radius 1 is 0.938 bits per heavy atom. The van der Waals surface area contributed by atoms with Gasteiger partial charge in [0.1, 0.15) is 5.82 Å². The van der Waals surface area contributed by atoms with Gasteiger partial charge in [-0.15, -0.1) is 0 Å². The van der Waals surface area contributed by atoms with Crippen molar-refractivity contribution in [1.29, 1.82) is 0 Å². The predicted molar refractivity (Wildman–Crippen MR) is 131 cm³/mol. The highest BCUT2D eigenvalue weighted by Gasteiger charge is 2.32. The van der Waals surface area contributed by atoms with E-state index in [0.29, 0.717) is 23.7 Å². The molecule has 2 aliphatic rings. The highest BCUT2D eigenvalue weighted by molar-refractivity contribution is 7.99. The molecule has 5 rings (SSSR count). The number of aromatic nitrogens is 3. The maximum absolute atomic E-state index is 13.4. The van der Waals surface area contributed by atoms with E-state index in [1.54, 1.807) is 11.8 Å². The van der Waals surface area contributed by atoms with Crippen LogP contribution in [0.1, 0.15) is 64.2 Å². The van der Waals surface area contributed by atoms with Crippen molar-refractivity contribution in [1.82, 2.24) is 19.9 Å². The van der Waals surface area contributed by atoms with Crippen LogP contribution in [0.5, 0.6) is 0 Å². The van der Waals surface area contributed by atoms with E-state index >= 15 is 0 Å². The molecule has 168 valence electrons. The second-order valence-corrected chi connectivity index (χ2v) is 10.2. The van der Waals surface area contributed by atoms with Crippen LogP contribution in [0.3, 0.4) is 0 Å². The first-order chi connectivity index (χ1) is 15.8. The predicted octanol–water partition coefficient (Wildman–Crippen LogP) is 6.21. The van der Waals surface area contributed by atoms with Crippen molar-refractivity contribution in [2.45, 2.75) is 81.3 Å². The molecule has 32 heavy (non-hydrogen) atoms. The van der Waals surface area contributed by atoms with Crippen LogP contribution in [0, 0.1) is 0 Å². The molecular weight excluding hydrogens is 416 g/mol. The quantitative estimate of drug-likeness (QED) is 0.455. The summed E-state index contributed by atoms with van der Waals surface area (Å²) in [6.45, 7) is 0. The molecule has 0 bridgehead atoms. The number of fused-ring (bicyclic) bond motifs is 1. The largest absolute Gasteiger partial charge is 0.338 e. The molecule has 2 heterocycles.